The summed E-state index contributed by atoms with van der Waals surface area (Å²) in [6.07, 6.45) is 2.99. The van der Waals surface area contributed by atoms with Gasteiger partial charge in [0.1, 0.15) is 5.69 Å². The Hall–Kier alpha value is -3.17. The molecular formula is C21H22ClFN4O3S. The molecule has 0 unspecified atom stereocenters. The fourth-order valence-corrected chi connectivity index (χ4v) is 2.71. The quantitative estimate of drug-likeness (QED) is 0.238. The molecule has 164 valence electrons. The summed E-state index contributed by atoms with van der Waals surface area (Å²) in [6.45, 7) is 0. The van der Waals surface area contributed by atoms with E-state index in [0.717, 1.165) is 11.1 Å². The monoisotopic (exact) mass is 464 g/mol. The van der Waals surface area contributed by atoms with Crippen LogP contribution in [0.15, 0.2) is 54.7 Å². The normalized spacial score (nSPS) is 9.84. The average molecular weight is 465 g/mol. The summed E-state index contributed by atoms with van der Waals surface area (Å²) >= 11 is 5.61. The van der Waals surface area contributed by atoms with Crippen LogP contribution in [-0.2, 0) is 0 Å². The van der Waals surface area contributed by atoms with Gasteiger partial charge >= 0.3 is 0 Å². The molecule has 1 amide bonds. The van der Waals surface area contributed by atoms with Gasteiger partial charge in [-0.1, -0.05) is 23.7 Å². The van der Waals surface area contributed by atoms with Gasteiger partial charge in [-0.25, -0.2) is 0 Å². The number of ether oxygens (including phenoxy) is 1. The molecule has 0 fully saturated rings. The van der Waals surface area contributed by atoms with Crippen molar-refractivity contribution in [3.05, 3.63) is 65.4 Å². The van der Waals surface area contributed by atoms with Crippen molar-refractivity contribution >= 4 is 42.0 Å². The highest BCUT2D eigenvalue weighted by molar-refractivity contribution is 7.89. The van der Waals surface area contributed by atoms with Crippen molar-refractivity contribution in [2.24, 2.45) is 0 Å². The SMILES string of the molecule is CN(C)C=N.COc1cc(NC(=O)c2cc(-c3ccc(Cl)cc3)c[nH]2)ccc1OSF. The summed E-state index contributed by atoms with van der Waals surface area (Å²) in [4.78, 5) is 17.0. The average Bonchev–Trinajstić information content (AvgIpc) is 3.26. The number of methoxy groups -OCH3 is 1. The molecule has 3 aromatic rings. The van der Waals surface area contributed by atoms with Crippen LogP contribution in [0.1, 0.15) is 10.5 Å². The summed E-state index contributed by atoms with van der Waals surface area (Å²) in [5, 5.41) is 9.86. The molecule has 3 N–H and O–H groups in total. The molecule has 0 saturated carbocycles. The lowest BCUT2D eigenvalue weighted by atomic mass is 10.1. The van der Waals surface area contributed by atoms with Crippen molar-refractivity contribution in [1.82, 2.24) is 9.88 Å². The summed E-state index contributed by atoms with van der Waals surface area (Å²) in [6, 6.07) is 13.7. The molecule has 0 saturated heterocycles. The van der Waals surface area contributed by atoms with Crippen LogP contribution in [0.3, 0.4) is 0 Å². The standard InChI is InChI=1S/C18H14ClFN2O3S.C3H8N2/c1-24-17-9-14(6-7-16(17)25-26-20)22-18(23)15-8-12(10-21-15)11-2-4-13(19)5-3-11;1-5(2)3-4/h2-10,21H,1H3,(H,22,23);3-4H,1-2H3. The molecular weight excluding hydrogens is 443 g/mol. The van der Waals surface area contributed by atoms with Gasteiger partial charge in [-0.05, 0) is 41.5 Å². The lowest BCUT2D eigenvalue weighted by Crippen LogP contribution is -2.12. The van der Waals surface area contributed by atoms with E-state index in [1.165, 1.54) is 19.5 Å². The van der Waals surface area contributed by atoms with Gasteiger partial charge in [-0.3, -0.25) is 10.2 Å². The van der Waals surface area contributed by atoms with E-state index in [2.05, 4.69) is 10.3 Å². The first-order valence-electron chi connectivity index (χ1n) is 8.94. The summed E-state index contributed by atoms with van der Waals surface area (Å²) in [5.41, 5.74) is 2.70. The molecule has 0 aliphatic carbocycles. The lowest BCUT2D eigenvalue weighted by Gasteiger charge is -2.09. The highest BCUT2D eigenvalue weighted by Crippen LogP contribution is 2.33. The molecule has 0 radical (unpaired) electrons. The van der Waals surface area contributed by atoms with Crippen molar-refractivity contribution in [2.45, 2.75) is 0 Å². The minimum Gasteiger partial charge on any atom is -0.493 e. The van der Waals surface area contributed by atoms with Gasteiger partial charge < -0.3 is 24.1 Å². The first kappa shape index (κ1) is 24.1. The van der Waals surface area contributed by atoms with Crippen molar-refractivity contribution in [3.63, 3.8) is 0 Å². The van der Waals surface area contributed by atoms with Gasteiger partial charge in [-0.15, -0.1) is 3.89 Å². The predicted octanol–water partition coefficient (Wildman–Crippen LogP) is 5.66. The third-order valence-electron chi connectivity index (χ3n) is 3.91. The maximum Gasteiger partial charge on any atom is 0.272 e. The largest absolute Gasteiger partial charge is 0.493 e. The van der Waals surface area contributed by atoms with Crippen molar-refractivity contribution in [1.29, 1.82) is 5.41 Å². The zero-order valence-electron chi connectivity index (χ0n) is 17.1. The Morgan fingerprint density at radius 2 is 1.84 bits per heavy atom. The third-order valence-corrected chi connectivity index (χ3v) is 4.40. The van der Waals surface area contributed by atoms with Crippen LogP contribution in [-0.4, -0.2) is 43.3 Å². The van der Waals surface area contributed by atoms with Crippen LogP contribution < -0.4 is 14.2 Å². The van der Waals surface area contributed by atoms with Crippen LogP contribution in [0.5, 0.6) is 11.5 Å². The molecule has 10 heteroatoms. The number of rotatable bonds is 7. The fourth-order valence-electron chi connectivity index (χ4n) is 2.38. The number of halogens is 2. The van der Waals surface area contributed by atoms with Gasteiger partial charge in [0.15, 0.2) is 11.5 Å². The molecule has 0 spiro atoms. The smallest absolute Gasteiger partial charge is 0.272 e. The second-order valence-corrected chi connectivity index (χ2v) is 7.10. The maximum atomic E-state index is 12.4. The van der Waals surface area contributed by atoms with E-state index in [4.69, 9.17) is 25.9 Å². The Kier molecular flexibility index (Phi) is 9.23. The first-order valence-corrected chi connectivity index (χ1v) is 9.96. The highest BCUT2D eigenvalue weighted by Gasteiger charge is 2.12. The van der Waals surface area contributed by atoms with Crippen LogP contribution >= 0.6 is 24.0 Å². The number of hydrogen-bond acceptors (Lipinski definition) is 5. The van der Waals surface area contributed by atoms with Crippen LogP contribution in [0.4, 0.5) is 9.57 Å². The second-order valence-electron chi connectivity index (χ2n) is 6.37. The topological polar surface area (TPSA) is 90.4 Å². The summed E-state index contributed by atoms with van der Waals surface area (Å²) < 4.78 is 22.1. The van der Waals surface area contributed by atoms with E-state index < -0.39 is 0 Å². The Morgan fingerprint density at radius 1 is 1.16 bits per heavy atom. The first-order chi connectivity index (χ1) is 14.9. The zero-order valence-corrected chi connectivity index (χ0v) is 18.7. The lowest BCUT2D eigenvalue weighted by molar-refractivity contribution is 0.102. The van der Waals surface area contributed by atoms with Gasteiger partial charge in [0.2, 0.25) is 0 Å². The molecule has 7 nitrogen and oxygen atoms in total. The number of amides is 1. The van der Waals surface area contributed by atoms with E-state index in [-0.39, 0.29) is 24.1 Å². The van der Waals surface area contributed by atoms with Gasteiger partial charge in [0, 0.05) is 37.1 Å². The van der Waals surface area contributed by atoms with E-state index in [1.807, 2.05) is 26.2 Å². The molecule has 31 heavy (non-hydrogen) atoms. The minimum atomic E-state index is -0.319. The number of aromatic amines is 1. The molecule has 3 rings (SSSR count). The molecule has 2 aromatic carbocycles. The number of carbonyl (C=O) groups excluding carboxylic acids is 1. The van der Waals surface area contributed by atoms with Crippen molar-refractivity contribution < 1.29 is 17.6 Å². The highest BCUT2D eigenvalue weighted by atomic mass is 35.5. The minimum absolute atomic E-state index is 0.225. The summed E-state index contributed by atoms with van der Waals surface area (Å²) in [7, 11) is 5.06. The fraction of sp³-hybridized carbons (Fsp3) is 0.143. The van der Waals surface area contributed by atoms with Gasteiger partial charge in [0.25, 0.3) is 18.3 Å². The zero-order chi connectivity index (χ0) is 22.8. The van der Waals surface area contributed by atoms with Crippen LogP contribution in [0.2, 0.25) is 5.02 Å². The van der Waals surface area contributed by atoms with Crippen LogP contribution in [0.25, 0.3) is 11.1 Å². The number of benzene rings is 2. The molecule has 0 bridgehead atoms. The number of aromatic nitrogens is 1. The maximum absolute atomic E-state index is 12.4. The Labute approximate surface area is 189 Å². The molecule has 0 aliphatic rings. The Morgan fingerprint density at radius 3 is 2.42 bits per heavy atom. The Bertz CT molecular complexity index is 1010. The van der Waals surface area contributed by atoms with E-state index in [1.54, 1.807) is 41.4 Å². The van der Waals surface area contributed by atoms with Crippen molar-refractivity contribution in [2.75, 3.05) is 26.5 Å². The van der Waals surface area contributed by atoms with Crippen LogP contribution in [0, 0.1) is 5.41 Å². The number of anilines is 1. The third kappa shape index (κ3) is 7.23. The number of carbonyl (C=O) groups is 1. The number of nitrogens with zero attached hydrogens (tertiary/aromatic N) is 1. The second kappa shape index (κ2) is 11.9. The molecule has 1 aromatic heterocycles. The predicted molar refractivity (Wildman–Crippen MR) is 124 cm³/mol. The Balaban J connectivity index is 0.000000614. The van der Waals surface area contributed by atoms with E-state index >= 15 is 0 Å². The van der Waals surface area contributed by atoms with Gasteiger partial charge in [-0.2, -0.15) is 0 Å². The number of H-pyrrole nitrogens is 1. The molecule has 1 heterocycles. The van der Waals surface area contributed by atoms with E-state index in [0.29, 0.717) is 22.2 Å². The number of hydrogen-bond donors (Lipinski definition) is 3. The number of nitrogens with one attached hydrogen (secondary N) is 3. The summed E-state index contributed by atoms with van der Waals surface area (Å²) in [5.74, 6) is 0.213. The van der Waals surface area contributed by atoms with Gasteiger partial charge in [0.05, 0.1) is 13.4 Å². The molecule has 0 atom stereocenters. The van der Waals surface area contributed by atoms with E-state index in [9.17, 15) is 8.68 Å². The molecule has 0 aliphatic heterocycles. The van der Waals surface area contributed by atoms with Crippen molar-refractivity contribution in [3.8, 4) is 22.6 Å².